The molecule has 0 fully saturated rings. The highest BCUT2D eigenvalue weighted by molar-refractivity contribution is 6.09. The van der Waals surface area contributed by atoms with E-state index in [4.69, 9.17) is 14.8 Å². The monoisotopic (exact) mass is 608 g/mol. The molecule has 0 N–H and O–H groups in total. The van der Waals surface area contributed by atoms with Gasteiger partial charge in [-0.2, -0.15) is 5.10 Å². The van der Waals surface area contributed by atoms with Crippen LogP contribution in [0.2, 0.25) is 0 Å². The van der Waals surface area contributed by atoms with Crippen LogP contribution in [-0.2, 0) is 6.42 Å². The van der Waals surface area contributed by atoms with Gasteiger partial charge in [-0.15, -0.1) is 0 Å². The highest BCUT2D eigenvalue weighted by atomic mass is 16.5. The number of hydrogen-bond acceptors (Lipinski definition) is 3. The zero-order valence-corrected chi connectivity index (χ0v) is 28.1. The summed E-state index contributed by atoms with van der Waals surface area (Å²) in [5, 5.41) is 7.50. The van der Waals surface area contributed by atoms with Crippen molar-refractivity contribution in [2.75, 3.05) is 0 Å². The summed E-state index contributed by atoms with van der Waals surface area (Å²) in [5.74, 6) is 3.88. The maximum atomic E-state index is 6.71. The average Bonchev–Trinajstić information content (AvgIpc) is 3.53. The molecule has 0 saturated heterocycles. The van der Waals surface area contributed by atoms with Crippen molar-refractivity contribution in [1.82, 2.24) is 19.3 Å². The van der Waals surface area contributed by atoms with E-state index in [0.29, 0.717) is 17.8 Å². The van der Waals surface area contributed by atoms with Crippen LogP contribution in [0.1, 0.15) is 87.4 Å². The van der Waals surface area contributed by atoms with Gasteiger partial charge in [0.2, 0.25) is 0 Å². The summed E-state index contributed by atoms with van der Waals surface area (Å²) in [7, 11) is 0. The molecule has 3 aromatic carbocycles. The van der Waals surface area contributed by atoms with Crippen LogP contribution in [0, 0.1) is 19.8 Å². The molecular weight excluding hydrogens is 564 g/mol. The Morgan fingerprint density at radius 3 is 2.48 bits per heavy atom. The summed E-state index contributed by atoms with van der Waals surface area (Å²) < 4.78 is 11.1. The number of ether oxygens (including phenoxy) is 1. The molecule has 1 aliphatic rings. The molecule has 0 radical (unpaired) electrons. The first kappa shape index (κ1) is 30.0. The van der Waals surface area contributed by atoms with Crippen molar-refractivity contribution in [2.45, 2.75) is 79.6 Å². The Bertz CT molecular complexity index is 2110. The first-order chi connectivity index (χ1) is 22.2. The van der Waals surface area contributed by atoms with E-state index in [0.717, 1.165) is 46.2 Å². The molecule has 3 heterocycles. The van der Waals surface area contributed by atoms with E-state index in [-0.39, 0.29) is 0 Å². The number of rotatable bonds is 7. The van der Waals surface area contributed by atoms with Crippen LogP contribution >= 0.6 is 0 Å². The normalized spacial score (nSPS) is 16.8. The molecule has 1 aliphatic carbocycles. The quantitative estimate of drug-likeness (QED) is 0.169. The second kappa shape index (κ2) is 11.9. The van der Waals surface area contributed by atoms with Gasteiger partial charge in [0, 0.05) is 46.3 Å². The lowest BCUT2D eigenvalue weighted by atomic mass is 9.75. The van der Waals surface area contributed by atoms with E-state index in [9.17, 15) is 0 Å². The van der Waals surface area contributed by atoms with Crippen molar-refractivity contribution >= 4 is 21.8 Å². The topological polar surface area (TPSA) is 44.9 Å². The van der Waals surface area contributed by atoms with E-state index in [2.05, 4.69) is 137 Å². The molecule has 234 valence electrons. The van der Waals surface area contributed by atoms with Gasteiger partial charge in [-0.25, -0.2) is 9.67 Å². The van der Waals surface area contributed by atoms with E-state index in [1.807, 2.05) is 6.20 Å². The van der Waals surface area contributed by atoms with Crippen molar-refractivity contribution < 1.29 is 4.74 Å². The number of aryl methyl sites for hydroxylation is 2. The molecule has 46 heavy (non-hydrogen) atoms. The molecule has 5 heteroatoms. The fraction of sp³-hybridized carbons (Fsp3) is 0.317. The molecule has 5 nitrogen and oxygen atoms in total. The minimum absolute atomic E-state index is 0.337. The third-order valence-corrected chi connectivity index (χ3v) is 9.96. The summed E-state index contributed by atoms with van der Waals surface area (Å²) in [6.45, 7) is 15.7. The van der Waals surface area contributed by atoms with Gasteiger partial charge in [0.05, 0.1) is 22.4 Å². The first-order valence-electron chi connectivity index (χ1n) is 16.8. The molecule has 0 amide bonds. The third-order valence-electron chi connectivity index (χ3n) is 9.96. The molecule has 0 saturated carbocycles. The Hall–Kier alpha value is -4.64. The van der Waals surface area contributed by atoms with Gasteiger partial charge in [-0.1, -0.05) is 57.5 Å². The van der Waals surface area contributed by atoms with Gasteiger partial charge in [0.25, 0.3) is 0 Å². The Kier molecular flexibility index (Phi) is 7.80. The number of benzene rings is 3. The van der Waals surface area contributed by atoms with Crippen LogP contribution in [0.25, 0.3) is 33.3 Å². The van der Waals surface area contributed by atoms with Gasteiger partial charge in [-0.05, 0) is 105 Å². The SMILES string of the molecule is CCc1ccnc(-n2c3ccccc3c3ccc(Oc4cc(C(C)C)cc(-n5nc(C)c([C@H]6C(C)=CCCC6C)c5C)c4)cc32)c1. The maximum Gasteiger partial charge on any atom is 0.137 e. The fourth-order valence-electron chi connectivity index (χ4n) is 7.50. The number of hydrogen-bond donors (Lipinski definition) is 0. The van der Waals surface area contributed by atoms with Gasteiger partial charge < -0.3 is 4.74 Å². The van der Waals surface area contributed by atoms with Crippen LogP contribution in [0.5, 0.6) is 11.5 Å². The Labute approximate surface area is 272 Å². The van der Waals surface area contributed by atoms with E-state index in [1.165, 1.54) is 51.6 Å². The number of fused-ring (bicyclic) bond motifs is 3. The van der Waals surface area contributed by atoms with Crippen molar-refractivity contribution in [3.8, 4) is 23.0 Å². The first-order valence-corrected chi connectivity index (χ1v) is 16.8. The molecular formula is C41H44N4O. The lowest BCUT2D eigenvalue weighted by molar-refractivity contribution is 0.447. The third kappa shape index (κ3) is 5.22. The van der Waals surface area contributed by atoms with Crippen LogP contribution in [0.3, 0.4) is 0 Å². The fourth-order valence-corrected chi connectivity index (χ4v) is 7.50. The van der Waals surface area contributed by atoms with Gasteiger partial charge >= 0.3 is 0 Å². The standard InChI is InChI=1S/C41H44N4O/c1-8-30-18-19-42-39(20-30)44-37-15-10-9-14-35(37)36-17-16-33(24-38(36)44)46-34-22-31(25(2)3)21-32(23-34)45-29(7)41(28(6)43-45)40-26(4)12-11-13-27(40)5/h9-10,12,14-25,27,40H,8,11,13H2,1-7H3/t27?,40-/m0/s1. The minimum atomic E-state index is 0.337. The number of aromatic nitrogens is 4. The van der Waals surface area contributed by atoms with Gasteiger partial charge in [0.15, 0.2) is 0 Å². The van der Waals surface area contributed by atoms with Crippen molar-refractivity contribution in [2.24, 2.45) is 5.92 Å². The second-order valence-electron chi connectivity index (χ2n) is 13.4. The zero-order chi connectivity index (χ0) is 32.1. The largest absolute Gasteiger partial charge is 0.457 e. The molecule has 7 rings (SSSR count). The zero-order valence-electron chi connectivity index (χ0n) is 28.1. The summed E-state index contributed by atoms with van der Waals surface area (Å²) >= 11 is 0. The van der Waals surface area contributed by atoms with Gasteiger partial charge in [0.1, 0.15) is 17.3 Å². The van der Waals surface area contributed by atoms with Crippen molar-refractivity contribution in [3.63, 3.8) is 0 Å². The number of allylic oxidation sites excluding steroid dienone is 2. The maximum absolute atomic E-state index is 6.71. The number of nitrogens with zero attached hydrogens (tertiary/aromatic N) is 4. The average molecular weight is 609 g/mol. The van der Waals surface area contributed by atoms with Crippen molar-refractivity contribution in [3.05, 3.63) is 119 Å². The summed E-state index contributed by atoms with van der Waals surface area (Å²) in [6.07, 6.45) is 7.67. The predicted octanol–water partition coefficient (Wildman–Crippen LogP) is 10.9. The van der Waals surface area contributed by atoms with Crippen LogP contribution in [0.15, 0.2) is 90.6 Å². The van der Waals surface area contributed by atoms with E-state index >= 15 is 0 Å². The molecule has 6 aromatic rings. The minimum Gasteiger partial charge on any atom is -0.457 e. The van der Waals surface area contributed by atoms with E-state index < -0.39 is 0 Å². The van der Waals surface area contributed by atoms with Crippen LogP contribution < -0.4 is 4.74 Å². The molecule has 3 aromatic heterocycles. The molecule has 0 spiro atoms. The van der Waals surface area contributed by atoms with Crippen LogP contribution in [-0.4, -0.2) is 19.3 Å². The summed E-state index contributed by atoms with van der Waals surface area (Å²) in [4.78, 5) is 4.79. The number of pyridine rings is 1. The Morgan fingerprint density at radius 1 is 0.891 bits per heavy atom. The van der Waals surface area contributed by atoms with Crippen molar-refractivity contribution in [1.29, 1.82) is 0 Å². The smallest absolute Gasteiger partial charge is 0.137 e. The summed E-state index contributed by atoms with van der Waals surface area (Å²) in [6, 6.07) is 25.8. The molecule has 2 atom stereocenters. The Balaban J connectivity index is 1.32. The highest BCUT2D eigenvalue weighted by Crippen LogP contribution is 2.42. The van der Waals surface area contributed by atoms with Crippen LogP contribution in [0.4, 0.5) is 0 Å². The highest BCUT2D eigenvalue weighted by Gasteiger charge is 2.29. The lowest BCUT2D eigenvalue weighted by Crippen LogP contribution is -2.16. The Morgan fingerprint density at radius 2 is 1.70 bits per heavy atom. The second-order valence-corrected chi connectivity index (χ2v) is 13.4. The van der Waals surface area contributed by atoms with Gasteiger partial charge in [-0.3, -0.25) is 4.57 Å². The summed E-state index contributed by atoms with van der Waals surface area (Å²) in [5.41, 5.74) is 10.9. The number of para-hydroxylation sites is 1. The molecule has 0 bridgehead atoms. The lowest BCUT2D eigenvalue weighted by Gasteiger charge is -2.29. The molecule has 0 aliphatic heterocycles. The molecule has 1 unspecified atom stereocenters. The van der Waals surface area contributed by atoms with E-state index in [1.54, 1.807) is 0 Å². The predicted molar refractivity (Wildman–Crippen MR) is 190 cm³/mol.